The van der Waals surface area contributed by atoms with Gasteiger partial charge < -0.3 is 5.32 Å². The van der Waals surface area contributed by atoms with Gasteiger partial charge in [0.2, 0.25) is 5.91 Å². The molecule has 3 aromatic rings. The Morgan fingerprint density at radius 2 is 1.68 bits per heavy atom. The average molecular weight is 480 g/mol. The first kappa shape index (κ1) is 20.4. The first-order valence-corrected chi connectivity index (χ1v) is 10.9. The van der Waals surface area contributed by atoms with Gasteiger partial charge in [-0.25, -0.2) is 8.42 Å². The molecule has 3 aromatic carbocycles. The van der Waals surface area contributed by atoms with Crippen molar-refractivity contribution in [2.75, 3.05) is 16.2 Å². The van der Waals surface area contributed by atoms with E-state index < -0.39 is 15.9 Å². The Morgan fingerprint density at radius 1 is 0.964 bits per heavy atom. The third kappa shape index (κ3) is 4.92. The zero-order valence-electron chi connectivity index (χ0n) is 14.5. The molecule has 28 heavy (non-hydrogen) atoms. The number of nitrogens with zero attached hydrogens (tertiary/aromatic N) is 1. The number of carbonyl (C=O) groups excluding carboxylic acids is 1. The van der Waals surface area contributed by atoms with Crippen LogP contribution in [0, 0.1) is 0 Å². The minimum atomic E-state index is -3.94. The van der Waals surface area contributed by atoms with E-state index in [2.05, 4.69) is 21.2 Å². The minimum Gasteiger partial charge on any atom is -0.324 e. The number of rotatable bonds is 6. The first-order valence-electron chi connectivity index (χ1n) is 8.25. The number of amides is 1. The molecule has 0 spiro atoms. The first-order chi connectivity index (χ1) is 13.4. The Bertz CT molecular complexity index is 1090. The summed E-state index contributed by atoms with van der Waals surface area (Å²) in [6.07, 6.45) is 0. The smallest absolute Gasteiger partial charge is 0.264 e. The molecular weight excluding hydrogens is 464 g/mol. The van der Waals surface area contributed by atoms with Gasteiger partial charge in [0, 0.05) is 15.2 Å². The highest BCUT2D eigenvalue weighted by atomic mass is 79.9. The Kier molecular flexibility index (Phi) is 6.39. The van der Waals surface area contributed by atoms with E-state index in [1.165, 1.54) is 12.1 Å². The normalized spacial score (nSPS) is 11.1. The monoisotopic (exact) mass is 478 g/mol. The molecule has 0 bridgehead atoms. The van der Waals surface area contributed by atoms with Crippen LogP contribution in [0.3, 0.4) is 0 Å². The lowest BCUT2D eigenvalue weighted by molar-refractivity contribution is -0.114. The summed E-state index contributed by atoms with van der Waals surface area (Å²) in [4.78, 5) is 12.7. The maximum absolute atomic E-state index is 13.2. The lowest BCUT2D eigenvalue weighted by atomic mass is 10.3. The summed E-state index contributed by atoms with van der Waals surface area (Å²) in [6.45, 7) is -0.389. The van der Waals surface area contributed by atoms with Crippen molar-refractivity contribution < 1.29 is 13.2 Å². The fourth-order valence-corrected chi connectivity index (χ4v) is 4.57. The van der Waals surface area contributed by atoms with Gasteiger partial charge in [0.1, 0.15) is 6.54 Å². The van der Waals surface area contributed by atoms with Crippen molar-refractivity contribution >= 4 is 54.8 Å². The van der Waals surface area contributed by atoms with Gasteiger partial charge in [-0.15, -0.1) is 0 Å². The Morgan fingerprint density at radius 3 is 2.36 bits per heavy atom. The standard InChI is InChI=1S/C20H16BrClN2O3S/c21-15-6-4-9-18(12-15)24(28(26,27)19-10-2-1-3-11-19)14-20(25)23-17-8-5-7-16(22)13-17/h1-13H,14H2,(H,23,25). The molecule has 0 aromatic heterocycles. The SMILES string of the molecule is O=C(CN(c1cccc(Br)c1)S(=O)(=O)c1ccccc1)Nc1cccc(Cl)c1. The molecule has 5 nitrogen and oxygen atoms in total. The molecule has 0 saturated carbocycles. The third-order valence-corrected chi connectivity index (χ3v) is 6.34. The fourth-order valence-electron chi connectivity index (χ4n) is 2.56. The predicted molar refractivity (Wildman–Crippen MR) is 115 cm³/mol. The number of halogens is 2. The van der Waals surface area contributed by atoms with Crippen LogP contribution in [-0.4, -0.2) is 20.9 Å². The molecule has 0 atom stereocenters. The molecule has 0 aliphatic rings. The van der Waals surface area contributed by atoms with Crippen LogP contribution < -0.4 is 9.62 Å². The van der Waals surface area contributed by atoms with Crippen LogP contribution in [0.1, 0.15) is 0 Å². The second kappa shape index (κ2) is 8.77. The highest BCUT2D eigenvalue weighted by Crippen LogP contribution is 2.26. The van der Waals surface area contributed by atoms with Crippen LogP contribution >= 0.6 is 27.5 Å². The van der Waals surface area contributed by atoms with E-state index in [1.54, 1.807) is 66.7 Å². The van der Waals surface area contributed by atoms with Crippen molar-refractivity contribution in [2.24, 2.45) is 0 Å². The molecule has 0 heterocycles. The largest absolute Gasteiger partial charge is 0.324 e. The van der Waals surface area contributed by atoms with Crippen molar-refractivity contribution in [2.45, 2.75) is 4.90 Å². The van der Waals surface area contributed by atoms with Crippen molar-refractivity contribution in [1.82, 2.24) is 0 Å². The molecule has 1 amide bonds. The highest BCUT2D eigenvalue weighted by molar-refractivity contribution is 9.10. The number of nitrogens with one attached hydrogen (secondary N) is 1. The predicted octanol–water partition coefficient (Wildman–Crippen LogP) is 4.94. The molecule has 0 radical (unpaired) electrons. The van der Waals surface area contributed by atoms with Crippen LogP contribution in [0.4, 0.5) is 11.4 Å². The summed E-state index contributed by atoms with van der Waals surface area (Å²) in [5, 5.41) is 3.15. The molecule has 3 rings (SSSR count). The van der Waals surface area contributed by atoms with Gasteiger partial charge in [-0.3, -0.25) is 9.10 Å². The Hall–Kier alpha value is -2.35. The van der Waals surface area contributed by atoms with E-state index >= 15 is 0 Å². The van der Waals surface area contributed by atoms with Crippen molar-refractivity contribution in [3.05, 3.63) is 88.4 Å². The number of sulfonamides is 1. The summed E-state index contributed by atoms with van der Waals surface area (Å²) in [5.41, 5.74) is 0.864. The van der Waals surface area contributed by atoms with Crippen LogP contribution in [-0.2, 0) is 14.8 Å². The Labute approximate surface area is 177 Å². The number of benzene rings is 3. The molecule has 0 saturated heterocycles. The molecular formula is C20H16BrClN2O3S. The molecule has 0 unspecified atom stereocenters. The number of carbonyl (C=O) groups is 1. The van der Waals surface area contributed by atoms with Gasteiger partial charge in [-0.2, -0.15) is 0 Å². The molecule has 1 N–H and O–H groups in total. The van der Waals surface area contributed by atoms with E-state index in [1.807, 2.05) is 0 Å². The highest BCUT2D eigenvalue weighted by Gasteiger charge is 2.27. The van der Waals surface area contributed by atoms with Gasteiger partial charge in [0.15, 0.2) is 0 Å². The summed E-state index contributed by atoms with van der Waals surface area (Å²) >= 11 is 9.28. The van der Waals surface area contributed by atoms with Gasteiger partial charge in [-0.1, -0.05) is 57.9 Å². The van der Waals surface area contributed by atoms with E-state index in [0.717, 1.165) is 4.31 Å². The number of hydrogen-bond donors (Lipinski definition) is 1. The van der Waals surface area contributed by atoms with Crippen molar-refractivity contribution in [3.63, 3.8) is 0 Å². The van der Waals surface area contributed by atoms with Gasteiger partial charge in [-0.05, 0) is 48.5 Å². The lowest BCUT2D eigenvalue weighted by Crippen LogP contribution is -2.38. The summed E-state index contributed by atoms with van der Waals surface area (Å²) in [7, 11) is -3.94. The fraction of sp³-hybridized carbons (Fsp3) is 0.0500. The van der Waals surface area contributed by atoms with Gasteiger partial charge >= 0.3 is 0 Å². The lowest BCUT2D eigenvalue weighted by Gasteiger charge is -2.24. The van der Waals surface area contributed by atoms with Crippen LogP contribution in [0.15, 0.2) is 88.2 Å². The van der Waals surface area contributed by atoms with Crippen molar-refractivity contribution in [1.29, 1.82) is 0 Å². The quantitative estimate of drug-likeness (QED) is 0.545. The molecule has 0 aliphatic carbocycles. The molecule has 144 valence electrons. The minimum absolute atomic E-state index is 0.102. The molecule has 0 aliphatic heterocycles. The topological polar surface area (TPSA) is 66.5 Å². The van der Waals surface area contributed by atoms with Crippen LogP contribution in [0.2, 0.25) is 5.02 Å². The maximum Gasteiger partial charge on any atom is 0.264 e. The van der Waals surface area contributed by atoms with Crippen molar-refractivity contribution in [3.8, 4) is 0 Å². The zero-order valence-corrected chi connectivity index (χ0v) is 17.7. The number of anilines is 2. The maximum atomic E-state index is 13.2. The second-order valence-electron chi connectivity index (χ2n) is 5.86. The van der Waals surface area contributed by atoms with E-state index in [-0.39, 0.29) is 11.4 Å². The third-order valence-electron chi connectivity index (χ3n) is 3.82. The summed E-state index contributed by atoms with van der Waals surface area (Å²) in [6, 6.07) is 21.4. The molecule has 0 fully saturated rings. The average Bonchev–Trinajstić information content (AvgIpc) is 2.67. The van der Waals surface area contributed by atoms with E-state index in [0.29, 0.717) is 20.9 Å². The van der Waals surface area contributed by atoms with Crippen LogP contribution in [0.25, 0.3) is 0 Å². The van der Waals surface area contributed by atoms with E-state index in [4.69, 9.17) is 11.6 Å². The number of hydrogen-bond acceptors (Lipinski definition) is 3. The summed E-state index contributed by atoms with van der Waals surface area (Å²) in [5.74, 6) is -0.484. The van der Waals surface area contributed by atoms with Gasteiger partial charge in [0.25, 0.3) is 10.0 Å². The van der Waals surface area contributed by atoms with Gasteiger partial charge in [0.05, 0.1) is 10.6 Å². The van der Waals surface area contributed by atoms with Crippen LogP contribution in [0.5, 0.6) is 0 Å². The second-order valence-corrected chi connectivity index (χ2v) is 9.08. The van der Waals surface area contributed by atoms with E-state index in [9.17, 15) is 13.2 Å². The summed E-state index contributed by atoms with van der Waals surface area (Å²) < 4.78 is 28.2. The zero-order chi connectivity index (χ0) is 20.1. The Balaban J connectivity index is 1.94. The molecule has 8 heteroatoms.